The van der Waals surface area contributed by atoms with Gasteiger partial charge in [-0.15, -0.1) is 0 Å². The highest BCUT2D eigenvalue weighted by Crippen LogP contribution is 2.35. The summed E-state index contributed by atoms with van der Waals surface area (Å²) in [6.45, 7) is 4.29. The fraction of sp³-hybridized carbons (Fsp3) is 0.0833. The molecule has 0 saturated carbocycles. The Morgan fingerprint density at radius 1 is 1.07 bits per heavy atom. The Hall–Kier alpha value is -2.83. The maximum absolute atomic E-state index is 12.9. The molecule has 0 N–H and O–H groups in total. The number of halogens is 1. The lowest BCUT2D eigenvalue weighted by Crippen LogP contribution is -2.27. The monoisotopic (exact) mass is 479 g/mol. The predicted molar refractivity (Wildman–Crippen MR) is 125 cm³/mol. The van der Waals surface area contributed by atoms with Crippen molar-refractivity contribution in [1.82, 2.24) is 4.90 Å². The molecule has 2 amide bonds. The topological polar surface area (TPSA) is 46.6 Å². The number of hydrogen-bond acceptors (Lipinski definition) is 4. The average Bonchev–Trinajstić information content (AvgIpc) is 3.01. The molecule has 6 heteroatoms. The van der Waals surface area contributed by atoms with Crippen LogP contribution in [-0.4, -0.2) is 22.7 Å². The van der Waals surface area contributed by atoms with E-state index in [0.717, 1.165) is 38.1 Å². The number of hydrogen-bond donors (Lipinski definition) is 0. The summed E-state index contributed by atoms with van der Waals surface area (Å²) in [7, 11) is 0. The third-order valence-electron chi connectivity index (χ3n) is 4.69. The van der Waals surface area contributed by atoms with Crippen LogP contribution in [0.3, 0.4) is 0 Å². The van der Waals surface area contributed by atoms with Gasteiger partial charge in [0, 0.05) is 0 Å². The van der Waals surface area contributed by atoms with E-state index in [1.807, 2.05) is 60.7 Å². The van der Waals surface area contributed by atoms with Gasteiger partial charge in [0.2, 0.25) is 0 Å². The lowest BCUT2D eigenvalue weighted by molar-refractivity contribution is -0.123. The smallest absolute Gasteiger partial charge is 0.293 e. The largest absolute Gasteiger partial charge is 0.488 e. The number of thioether (sulfide) groups is 1. The van der Waals surface area contributed by atoms with E-state index < -0.39 is 0 Å². The van der Waals surface area contributed by atoms with Crippen LogP contribution in [-0.2, 0) is 11.3 Å². The normalized spacial score (nSPS) is 15.2. The number of benzene rings is 3. The molecule has 1 aliphatic heterocycles. The van der Waals surface area contributed by atoms with E-state index in [9.17, 15) is 9.59 Å². The van der Waals surface area contributed by atoms with Gasteiger partial charge in [0.15, 0.2) is 0 Å². The molecule has 1 heterocycles. The van der Waals surface area contributed by atoms with Crippen LogP contribution < -0.4 is 4.74 Å². The fourth-order valence-corrected chi connectivity index (χ4v) is 4.61. The van der Waals surface area contributed by atoms with E-state index in [0.29, 0.717) is 17.3 Å². The van der Waals surface area contributed by atoms with E-state index in [1.165, 1.54) is 4.90 Å². The molecule has 4 nitrogen and oxygen atoms in total. The van der Waals surface area contributed by atoms with Crippen molar-refractivity contribution in [3.05, 3.63) is 93.8 Å². The Morgan fingerprint density at radius 2 is 1.87 bits per heavy atom. The first kappa shape index (κ1) is 20.4. The van der Waals surface area contributed by atoms with Crippen LogP contribution in [0.15, 0.2) is 82.7 Å². The quantitative estimate of drug-likeness (QED) is 0.303. The minimum absolute atomic E-state index is 0.251. The van der Waals surface area contributed by atoms with Crippen molar-refractivity contribution in [2.45, 2.75) is 6.54 Å². The van der Waals surface area contributed by atoms with Crippen molar-refractivity contribution in [3.63, 3.8) is 0 Å². The summed E-state index contributed by atoms with van der Waals surface area (Å²) in [6.07, 6.45) is 3.41. The molecule has 0 spiro atoms. The Balaban J connectivity index is 1.57. The van der Waals surface area contributed by atoms with E-state index in [1.54, 1.807) is 12.2 Å². The summed E-state index contributed by atoms with van der Waals surface area (Å²) >= 11 is 4.44. The average molecular weight is 480 g/mol. The molecular weight excluding hydrogens is 462 g/mol. The molecule has 0 radical (unpaired) electrons. The molecule has 1 fully saturated rings. The van der Waals surface area contributed by atoms with E-state index in [2.05, 4.69) is 22.5 Å². The minimum atomic E-state index is -0.277. The molecule has 3 aromatic rings. The van der Waals surface area contributed by atoms with Crippen molar-refractivity contribution in [2.24, 2.45) is 0 Å². The van der Waals surface area contributed by atoms with Crippen LogP contribution in [0.25, 0.3) is 16.8 Å². The Bertz CT molecular complexity index is 1180. The molecule has 150 valence electrons. The summed E-state index contributed by atoms with van der Waals surface area (Å²) < 4.78 is 6.32. The van der Waals surface area contributed by atoms with Gasteiger partial charge in [0.05, 0.1) is 15.9 Å². The molecule has 1 saturated heterocycles. The van der Waals surface area contributed by atoms with Gasteiger partial charge in [-0.1, -0.05) is 61.2 Å². The molecule has 0 aromatic heterocycles. The number of ether oxygens (including phenoxy) is 1. The van der Waals surface area contributed by atoms with Crippen LogP contribution in [0.1, 0.15) is 11.1 Å². The van der Waals surface area contributed by atoms with Crippen LogP contribution in [0.4, 0.5) is 4.79 Å². The van der Waals surface area contributed by atoms with Crippen molar-refractivity contribution in [1.29, 1.82) is 0 Å². The maximum atomic E-state index is 12.9. The number of rotatable bonds is 6. The van der Waals surface area contributed by atoms with Crippen molar-refractivity contribution in [2.75, 3.05) is 6.61 Å². The van der Waals surface area contributed by atoms with Gasteiger partial charge in [0.1, 0.15) is 12.4 Å². The number of imide groups is 1. The molecule has 4 rings (SSSR count). The van der Waals surface area contributed by atoms with Crippen molar-refractivity contribution >= 4 is 55.7 Å². The Kier molecular flexibility index (Phi) is 6.06. The summed E-state index contributed by atoms with van der Waals surface area (Å²) in [5, 5.41) is 1.87. The first-order valence-corrected chi connectivity index (χ1v) is 10.9. The highest BCUT2D eigenvalue weighted by Gasteiger charge is 2.35. The molecule has 0 unspecified atom stereocenters. The molecular formula is C24H18BrNO3S. The van der Waals surface area contributed by atoms with Gasteiger partial charge in [-0.25, -0.2) is 0 Å². The van der Waals surface area contributed by atoms with E-state index in [-0.39, 0.29) is 17.7 Å². The number of carbonyl (C=O) groups excluding carboxylic acids is 2. The van der Waals surface area contributed by atoms with Crippen molar-refractivity contribution < 1.29 is 14.3 Å². The zero-order valence-electron chi connectivity index (χ0n) is 16.0. The first-order chi connectivity index (χ1) is 14.6. The first-order valence-electron chi connectivity index (χ1n) is 9.32. The Morgan fingerprint density at radius 3 is 2.67 bits per heavy atom. The van der Waals surface area contributed by atoms with Crippen LogP contribution in [0.5, 0.6) is 5.75 Å². The van der Waals surface area contributed by atoms with Gasteiger partial charge in [-0.3, -0.25) is 14.5 Å². The standard InChI is InChI=1S/C24H18BrNO3S/c1-2-12-29-21-11-10-16(13-20(21)25)14-22-23(27)26(24(28)30-22)15-18-8-5-7-17-6-3-4-9-19(17)18/h2-11,13-14H,1,12,15H2/b22-14+. The van der Waals surface area contributed by atoms with Crippen molar-refractivity contribution in [3.8, 4) is 5.75 Å². The number of nitrogens with zero attached hydrogens (tertiary/aromatic N) is 1. The highest BCUT2D eigenvalue weighted by atomic mass is 79.9. The zero-order chi connectivity index (χ0) is 21.1. The Labute approximate surface area is 187 Å². The molecule has 1 aliphatic rings. The second-order valence-electron chi connectivity index (χ2n) is 6.70. The molecule has 0 aliphatic carbocycles. The van der Waals surface area contributed by atoms with Crippen LogP contribution in [0, 0.1) is 0 Å². The molecule has 30 heavy (non-hydrogen) atoms. The van der Waals surface area contributed by atoms with Gasteiger partial charge < -0.3 is 4.74 Å². The molecule has 0 atom stereocenters. The lowest BCUT2D eigenvalue weighted by atomic mass is 10.0. The third kappa shape index (κ3) is 4.20. The summed E-state index contributed by atoms with van der Waals surface area (Å²) in [5.41, 5.74) is 1.76. The second kappa shape index (κ2) is 8.90. The van der Waals surface area contributed by atoms with Crippen LogP contribution >= 0.6 is 27.7 Å². The summed E-state index contributed by atoms with van der Waals surface area (Å²) in [5.74, 6) is 0.414. The maximum Gasteiger partial charge on any atom is 0.293 e. The van der Waals surface area contributed by atoms with E-state index >= 15 is 0 Å². The third-order valence-corrected chi connectivity index (χ3v) is 6.22. The van der Waals surface area contributed by atoms with E-state index in [4.69, 9.17) is 4.74 Å². The second-order valence-corrected chi connectivity index (χ2v) is 8.54. The van der Waals surface area contributed by atoms with Gasteiger partial charge >= 0.3 is 0 Å². The van der Waals surface area contributed by atoms with Gasteiger partial charge in [0.25, 0.3) is 11.1 Å². The van der Waals surface area contributed by atoms with Gasteiger partial charge in [-0.2, -0.15) is 0 Å². The minimum Gasteiger partial charge on any atom is -0.488 e. The summed E-state index contributed by atoms with van der Waals surface area (Å²) in [4.78, 5) is 27.2. The summed E-state index contributed by atoms with van der Waals surface area (Å²) in [6, 6.07) is 19.4. The number of carbonyl (C=O) groups is 2. The molecule has 0 bridgehead atoms. The van der Waals surface area contributed by atoms with Gasteiger partial charge in [-0.05, 0) is 67.8 Å². The number of fused-ring (bicyclic) bond motifs is 1. The SMILES string of the molecule is C=CCOc1ccc(/C=C2/SC(=O)N(Cc3cccc4ccccc34)C2=O)cc1Br. The predicted octanol–water partition coefficient (Wildman–Crippen LogP) is 6.40. The number of amides is 2. The molecule has 3 aromatic carbocycles. The highest BCUT2D eigenvalue weighted by molar-refractivity contribution is 9.10. The lowest BCUT2D eigenvalue weighted by Gasteiger charge is -2.14. The van der Waals surface area contributed by atoms with Crippen LogP contribution in [0.2, 0.25) is 0 Å². The zero-order valence-corrected chi connectivity index (χ0v) is 18.4. The fourth-order valence-electron chi connectivity index (χ4n) is 3.26.